The lowest BCUT2D eigenvalue weighted by Crippen LogP contribution is -2.24. The van der Waals surface area contributed by atoms with Crippen molar-refractivity contribution in [1.82, 2.24) is 5.32 Å². The monoisotopic (exact) mass is 319 g/mol. The molecule has 1 rings (SSSR count). The molecule has 0 aliphatic heterocycles. The van der Waals surface area contributed by atoms with Gasteiger partial charge in [-0.25, -0.2) is 0 Å². The van der Waals surface area contributed by atoms with Gasteiger partial charge in [0.15, 0.2) is 0 Å². The molecule has 1 atom stereocenters. The van der Waals surface area contributed by atoms with Gasteiger partial charge in [-0.05, 0) is 50.8 Å². The Morgan fingerprint density at radius 2 is 1.48 bits per heavy atom. The van der Waals surface area contributed by atoms with Gasteiger partial charge in [-0.2, -0.15) is 0 Å². The molecule has 0 amide bonds. The first kappa shape index (κ1) is 26.4. The van der Waals surface area contributed by atoms with Crippen LogP contribution in [0.25, 0.3) is 0 Å². The molecular weight excluding hydrogens is 278 g/mol. The highest BCUT2D eigenvalue weighted by molar-refractivity contribution is 5.39. The van der Waals surface area contributed by atoms with E-state index < -0.39 is 0 Å². The summed E-state index contributed by atoms with van der Waals surface area (Å²) < 4.78 is 0. The molecule has 0 aromatic rings. The van der Waals surface area contributed by atoms with E-state index in [-0.39, 0.29) is 0 Å². The minimum absolute atomic E-state index is 0.509. The van der Waals surface area contributed by atoms with Crippen LogP contribution in [0.15, 0.2) is 59.9 Å². The van der Waals surface area contributed by atoms with Gasteiger partial charge >= 0.3 is 0 Å². The third kappa shape index (κ3) is 11.7. The molecule has 1 N–H and O–H groups in total. The molecule has 23 heavy (non-hydrogen) atoms. The van der Waals surface area contributed by atoms with Crippen LogP contribution in [0.5, 0.6) is 0 Å². The van der Waals surface area contributed by atoms with Crippen molar-refractivity contribution in [3.8, 4) is 0 Å². The van der Waals surface area contributed by atoms with Crippen LogP contribution >= 0.6 is 0 Å². The van der Waals surface area contributed by atoms with Crippen molar-refractivity contribution in [2.45, 2.75) is 81.2 Å². The Labute approximate surface area is 147 Å². The Morgan fingerprint density at radius 1 is 0.957 bits per heavy atom. The summed E-state index contributed by atoms with van der Waals surface area (Å²) in [6.45, 7) is 22.0. The van der Waals surface area contributed by atoms with Crippen molar-refractivity contribution < 1.29 is 0 Å². The van der Waals surface area contributed by atoms with E-state index in [9.17, 15) is 0 Å². The van der Waals surface area contributed by atoms with Crippen molar-refractivity contribution in [2.75, 3.05) is 0 Å². The summed E-state index contributed by atoms with van der Waals surface area (Å²) in [6, 6.07) is 0.509. The Bertz CT molecular complexity index is 381. The van der Waals surface area contributed by atoms with Crippen LogP contribution in [-0.2, 0) is 0 Å². The van der Waals surface area contributed by atoms with Gasteiger partial charge < -0.3 is 5.32 Å². The van der Waals surface area contributed by atoms with Gasteiger partial charge in [-0.15, -0.1) is 0 Å². The molecule has 134 valence electrons. The number of nitrogens with one attached hydrogen (secondary N) is 1. The second-order valence-electron chi connectivity index (χ2n) is 4.24. The van der Waals surface area contributed by atoms with E-state index in [1.807, 2.05) is 54.5 Å². The van der Waals surface area contributed by atoms with Gasteiger partial charge in [0.1, 0.15) is 0 Å². The third-order valence-corrected chi connectivity index (χ3v) is 3.04. The first-order chi connectivity index (χ1) is 11.2. The summed E-state index contributed by atoms with van der Waals surface area (Å²) in [6.07, 6.45) is 14.7. The Balaban J connectivity index is -0.000000595. The quantitative estimate of drug-likeness (QED) is 0.534. The lowest BCUT2D eigenvalue weighted by Gasteiger charge is -2.13. The van der Waals surface area contributed by atoms with Crippen molar-refractivity contribution in [2.24, 2.45) is 0 Å². The summed E-state index contributed by atoms with van der Waals surface area (Å²) in [5, 5.41) is 3.58. The van der Waals surface area contributed by atoms with Crippen LogP contribution in [0.4, 0.5) is 0 Å². The Kier molecular flexibility index (Phi) is 23.5. The van der Waals surface area contributed by atoms with Crippen LogP contribution in [-0.4, -0.2) is 6.04 Å². The molecule has 0 bridgehead atoms. The minimum Gasteiger partial charge on any atom is -0.382 e. The molecule has 1 heteroatoms. The molecule has 1 unspecified atom stereocenters. The molecule has 0 heterocycles. The smallest absolute Gasteiger partial charge is 0.0341 e. The van der Waals surface area contributed by atoms with E-state index in [1.165, 1.54) is 16.8 Å². The number of allylic oxidation sites excluding steroid dienone is 6. The topological polar surface area (TPSA) is 12.0 Å². The minimum atomic E-state index is 0.509. The largest absolute Gasteiger partial charge is 0.382 e. The van der Waals surface area contributed by atoms with Crippen LogP contribution in [0.3, 0.4) is 0 Å². The van der Waals surface area contributed by atoms with Gasteiger partial charge in [-0.1, -0.05) is 78.5 Å². The molecule has 1 fully saturated rings. The van der Waals surface area contributed by atoms with Gasteiger partial charge in [-0.3, -0.25) is 0 Å². The fourth-order valence-electron chi connectivity index (χ4n) is 2.23. The highest BCUT2D eigenvalue weighted by Gasteiger charge is 2.22. The molecule has 1 saturated carbocycles. The first-order valence-corrected chi connectivity index (χ1v) is 9.27. The zero-order chi connectivity index (χ0) is 18.7. The fourth-order valence-corrected chi connectivity index (χ4v) is 2.23. The lowest BCUT2D eigenvalue weighted by molar-refractivity contribution is 0.613. The molecule has 0 aromatic carbocycles. The number of hydrogen-bond donors (Lipinski definition) is 1. The van der Waals surface area contributed by atoms with E-state index in [1.54, 1.807) is 0 Å². The van der Waals surface area contributed by atoms with E-state index in [2.05, 4.69) is 56.1 Å². The third-order valence-electron chi connectivity index (χ3n) is 3.04. The van der Waals surface area contributed by atoms with Crippen LogP contribution in [0.2, 0.25) is 0 Å². The van der Waals surface area contributed by atoms with Gasteiger partial charge in [0.25, 0.3) is 0 Å². The predicted octanol–water partition coefficient (Wildman–Crippen LogP) is 7.36. The molecule has 0 saturated heterocycles. The van der Waals surface area contributed by atoms with E-state index >= 15 is 0 Å². The second-order valence-corrected chi connectivity index (χ2v) is 4.24. The van der Waals surface area contributed by atoms with Crippen LogP contribution in [0, 0.1) is 0 Å². The van der Waals surface area contributed by atoms with E-state index in [0.29, 0.717) is 6.04 Å². The molecule has 1 aliphatic carbocycles. The summed E-state index contributed by atoms with van der Waals surface area (Å²) in [5.74, 6) is 0. The predicted molar refractivity (Wildman–Crippen MR) is 111 cm³/mol. The van der Waals surface area contributed by atoms with Gasteiger partial charge in [0.05, 0.1) is 0 Å². The summed E-state index contributed by atoms with van der Waals surface area (Å²) in [4.78, 5) is 0. The SMILES string of the molecule is C=C/C=C1/CC(NC(/C=C\C)=C/C)C/C1=C/C.CC.CC.CC. The normalized spacial score (nSPS) is 20.0. The zero-order valence-corrected chi connectivity index (χ0v) is 17.2. The highest BCUT2D eigenvalue weighted by atomic mass is 14.9. The van der Waals surface area contributed by atoms with Gasteiger partial charge in [0, 0.05) is 11.7 Å². The molecule has 1 nitrogen and oxygen atoms in total. The molecule has 1 aliphatic rings. The zero-order valence-electron chi connectivity index (χ0n) is 17.2. The van der Waals surface area contributed by atoms with Crippen molar-refractivity contribution in [3.05, 3.63) is 59.9 Å². The second kappa shape index (κ2) is 20.5. The maximum atomic E-state index is 3.78. The van der Waals surface area contributed by atoms with Crippen LogP contribution < -0.4 is 5.32 Å². The number of hydrogen-bond acceptors (Lipinski definition) is 1. The maximum absolute atomic E-state index is 3.78. The summed E-state index contributed by atoms with van der Waals surface area (Å²) in [5.41, 5.74) is 4.06. The van der Waals surface area contributed by atoms with Crippen molar-refractivity contribution in [1.29, 1.82) is 0 Å². The lowest BCUT2D eigenvalue weighted by atomic mass is 10.1. The average molecular weight is 320 g/mol. The van der Waals surface area contributed by atoms with Crippen molar-refractivity contribution >= 4 is 0 Å². The number of rotatable bonds is 4. The standard InChI is InChI=1S/C16H23N.3C2H6/c1-5-9-14-12-16(11-13(14)7-3)17-15(8-4)10-6-2;3*1-2/h5-10,16-17H,1,11-12H2,2-4H3;3*1-2H3/b10-6-,13-7-,14-9-,15-8+;;;. The highest BCUT2D eigenvalue weighted by Crippen LogP contribution is 2.31. The summed E-state index contributed by atoms with van der Waals surface area (Å²) >= 11 is 0. The van der Waals surface area contributed by atoms with E-state index in [4.69, 9.17) is 0 Å². The molecule has 0 radical (unpaired) electrons. The molecule has 0 spiro atoms. The van der Waals surface area contributed by atoms with E-state index in [0.717, 1.165) is 12.8 Å². The summed E-state index contributed by atoms with van der Waals surface area (Å²) in [7, 11) is 0. The first-order valence-electron chi connectivity index (χ1n) is 9.27. The van der Waals surface area contributed by atoms with Crippen LogP contribution in [0.1, 0.15) is 75.2 Å². The Morgan fingerprint density at radius 3 is 1.87 bits per heavy atom. The molecule has 0 aromatic heterocycles. The fraction of sp³-hybridized carbons (Fsp3) is 0.545. The maximum Gasteiger partial charge on any atom is 0.0341 e. The van der Waals surface area contributed by atoms with Crippen molar-refractivity contribution in [3.63, 3.8) is 0 Å². The average Bonchev–Trinajstić information content (AvgIpc) is 3.01. The van der Waals surface area contributed by atoms with Gasteiger partial charge in [0.2, 0.25) is 0 Å². The molecular formula is C22H41N. The Hall–Kier alpha value is -1.50.